The zero-order chi connectivity index (χ0) is 13.7. The summed E-state index contributed by atoms with van der Waals surface area (Å²) in [7, 11) is 0. The Morgan fingerprint density at radius 1 is 1.50 bits per heavy atom. The number of nitrogens with two attached hydrogens (primary N) is 1. The highest BCUT2D eigenvalue weighted by molar-refractivity contribution is 5.79. The molecule has 0 aliphatic carbocycles. The molecular weight excluding hydrogens is 230 g/mol. The van der Waals surface area contributed by atoms with Crippen LogP contribution in [-0.2, 0) is 4.79 Å². The van der Waals surface area contributed by atoms with E-state index in [9.17, 15) is 9.90 Å². The Kier molecular flexibility index (Phi) is 5.09. The van der Waals surface area contributed by atoms with Gasteiger partial charge >= 0.3 is 0 Å². The summed E-state index contributed by atoms with van der Waals surface area (Å²) in [6, 6.07) is 3.57. The third-order valence-corrected chi connectivity index (χ3v) is 2.50. The number of aliphatic hydroxyl groups excluding tert-OH is 1. The molecule has 5 nitrogen and oxygen atoms in total. The number of hydrogen-bond acceptors (Lipinski definition) is 4. The van der Waals surface area contributed by atoms with Gasteiger partial charge in [-0.1, -0.05) is 19.9 Å². The van der Waals surface area contributed by atoms with Crippen molar-refractivity contribution in [1.82, 2.24) is 4.98 Å². The number of carbonyl (C=O) groups excluding carboxylic acids is 1. The fraction of sp³-hybridized carbons (Fsp3) is 0.538. The van der Waals surface area contributed by atoms with Gasteiger partial charge in [-0.15, -0.1) is 0 Å². The first-order valence-corrected chi connectivity index (χ1v) is 6.08. The Hall–Kier alpha value is -1.62. The molecule has 1 aromatic heterocycles. The number of nitrogens with zero attached hydrogens (tertiary/aromatic N) is 2. The Balaban J connectivity index is 3.07. The number of aromatic nitrogens is 1. The lowest BCUT2D eigenvalue weighted by atomic mass is 10.1. The van der Waals surface area contributed by atoms with Crippen molar-refractivity contribution in [1.29, 1.82) is 0 Å². The van der Waals surface area contributed by atoms with E-state index in [0.717, 1.165) is 0 Å². The van der Waals surface area contributed by atoms with Crippen LogP contribution in [0.15, 0.2) is 18.3 Å². The number of aliphatic hydroxyl groups is 1. The van der Waals surface area contributed by atoms with E-state index in [-0.39, 0.29) is 6.54 Å². The highest BCUT2D eigenvalue weighted by Gasteiger charge is 2.18. The molecule has 0 fully saturated rings. The first-order chi connectivity index (χ1) is 8.41. The van der Waals surface area contributed by atoms with Crippen LogP contribution in [0.25, 0.3) is 0 Å². The Morgan fingerprint density at radius 3 is 2.67 bits per heavy atom. The summed E-state index contributed by atoms with van der Waals surface area (Å²) in [6.45, 7) is 6.56. The van der Waals surface area contributed by atoms with Crippen molar-refractivity contribution in [3.63, 3.8) is 0 Å². The summed E-state index contributed by atoms with van der Waals surface area (Å²) in [5.41, 5.74) is 5.97. The maximum atomic E-state index is 11.1. The number of pyridine rings is 1. The second-order valence-electron chi connectivity index (χ2n) is 4.83. The first-order valence-electron chi connectivity index (χ1n) is 6.08. The molecule has 0 aliphatic heterocycles. The Morgan fingerprint density at radius 2 is 2.17 bits per heavy atom. The van der Waals surface area contributed by atoms with Crippen molar-refractivity contribution in [3.8, 4) is 0 Å². The second-order valence-corrected chi connectivity index (χ2v) is 4.83. The van der Waals surface area contributed by atoms with E-state index in [4.69, 9.17) is 5.73 Å². The number of anilines is 1. The van der Waals surface area contributed by atoms with Crippen LogP contribution in [0.4, 0.5) is 5.82 Å². The minimum atomic E-state index is -0.628. The van der Waals surface area contributed by atoms with Gasteiger partial charge in [-0.25, -0.2) is 4.98 Å². The summed E-state index contributed by atoms with van der Waals surface area (Å²) in [4.78, 5) is 17.2. The molecule has 0 aliphatic rings. The largest absolute Gasteiger partial charge is 0.389 e. The Bertz CT molecular complexity index is 405. The molecule has 0 aromatic carbocycles. The quantitative estimate of drug-likeness (QED) is 0.793. The second kappa shape index (κ2) is 6.35. The van der Waals surface area contributed by atoms with Crippen LogP contribution >= 0.6 is 0 Å². The summed E-state index contributed by atoms with van der Waals surface area (Å²) >= 11 is 0. The van der Waals surface area contributed by atoms with E-state index >= 15 is 0 Å². The third-order valence-electron chi connectivity index (χ3n) is 2.50. The SMILES string of the molecule is CC(C)CN(CC(N)=O)c1ncccc1[C@H](C)O. The molecule has 0 unspecified atom stereocenters. The van der Waals surface area contributed by atoms with Crippen molar-refractivity contribution in [2.45, 2.75) is 26.9 Å². The molecular formula is C13H21N3O2. The zero-order valence-corrected chi connectivity index (χ0v) is 11.1. The number of hydrogen-bond donors (Lipinski definition) is 2. The minimum absolute atomic E-state index is 0.106. The molecule has 1 amide bonds. The third kappa shape index (κ3) is 4.00. The number of primary amides is 1. The molecule has 0 saturated carbocycles. The summed E-state index contributed by atoms with van der Waals surface area (Å²) in [5.74, 6) is 0.589. The minimum Gasteiger partial charge on any atom is -0.389 e. The van der Waals surface area contributed by atoms with Gasteiger partial charge in [0.25, 0.3) is 0 Å². The molecule has 0 spiro atoms. The molecule has 1 heterocycles. The topological polar surface area (TPSA) is 79.5 Å². The van der Waals surface area contributed by atoms with E-state index in [1.807, 2.05) is 4.90 Å². The van der Waals surface area contributed by atoms with Crippen LogP contribution in [0.2, 0.25) is 0 Å². The van der Waals surface area contributed by atoms with Crippen molar-refractivity contribution in [3.05, 3.63) is 23.9 Å². The number of carbonyl (C=O) groups is 1. The van der Waals surface area contributed by atoms with Gasteiger partial charge in [-0.05, 0) is 18.9 Å². The molecule has 3 N–H and O–H groups in total. The number of amides is 1. The standard InChI is InChI=1S/C13H21N3O2/c1-9(2)7-16(8-12(14)18)13-11(10(3)17)5-4-6-15-13/h4-6,9-10,17H,7-8H2,1-3H3,(H2,14,18)/t10-/m0/s1. The van der Waals surface area contributed by atoms with E-state index in [1.54, 1.807) is 25.3 Å². The van der Waals surface area contributed by atoms with Crippen LogP contribution < -0.4 is 10.6 Å². The zero-order valence-electron chi connectivity index (χ0n) is 11.1. The smallest absolute Gasteiger partial charge is 0.236 e. The summed E-state index contributed by atoms with van der Waals surface area (Å²) in [6.07, 6.45) is 1.02. The van der Waals surface area contributed by atoms with Crippen LogP contribution in [0.1, 0.15) is 32.4 Å². The summed E-state index contributed by atoms with van der Waals surface area (Å²) < 4.78 is 0. The highest BCUT2D eigenvalue weighted by Crippen LogP contribution is 2.24. The molecule has 0 saturated heterocycles. The lowest BCUT2D eigenvalue weighted by Crippen LogP contribution is -2.37. The van der Waals surface area contributed by atoms with Crippen LogP contribution in [0.5, 0.6) is 0 Å². The normalized spacial score (nSPS) is 12.5. The molecule has 0 radical (unpaired) electrons. The van der Waals surface area contributed by atoms with E-state index < -0.39 is 12.0 Å². The van der Waals surface area contributed by atoms with Crippen molar-refractivity contribution >= 4 is 11.7 Å². The van der Waals surface area contributed by atoms with Gasteiger partial charge < -0.3 is 15.7 Å². The van der Waals surface area contributed by atoms with Crippen molar-refractivity contribution < 1.29 is 9.90 Å². The van der Waals surface area contributed by atoms with Gasteiger partial charge in [0.15, 0.2) is 0 Å². The van der Waals surface area contributed by atoms with Gasteiger partial charge in [0.2, 0.25) is 5.91 Å². The van der Waals surface area contributed by atoms with Gasteiger partial charge in [-0.2, -0.15) is 0 Å². The van der Waals surface area contributed by atoms with Crippen molar-refractivity contribution in [2.24, 2.45) is 11.7 Å². The molecule has 5 heteroatoms. The molecule has 100 valence electrons. The van der Waals surface area contributed by atoms with Gasteiger partial charge in [-0.3, -0.25) is 4.79 Å². The fourth-order valence-corrected chi connectivity index (χ4v) is 1.85. The predicted molar refractivity (Wildman–Crippen MR) is 71.1 cm³/mol. The molecule has 18 heavy (non-hydrogen) atoms. The van der Waals surface area contributed by atoms with Crippen LogP contribution in [0.3, 0.4) is 0 Å². The maximum Gasteiger partial charge on any atom is 0.236 e. The fourth-order valence-electron chi connectivity index (χ4n) is 1.85. The molecule has 1 atom stereocenters. The average Bonchev–Trinajstić information content (AvgIpc) is 2.26. The van der Waals surface area contributed by atoms with Gasteiger partial charge in [0.05, 0.1) is 12.6 Å². The summed E-state index contributed by atoms with van der Waals surface area (Å²) in [5, 5.41) is 9.74. The first kappa shape index (κ1) is 14.4. The molecule has 1 aromatic rings. The number of rotatable bonds is 6. The van der Waals surface area contributed by atoms with E-state index in [2.05, 4.69) is 18.8 Å². The van der Waals surface area contributed by atoms with Crippen molar-refractivity contribution in [2.75, 3.05) is 18.0 Å². The lowest BCUT2D eigenvalue weighted by Gasteiger charge is -2.26. The van der Waals surface area contributed by atoms with E-state index in [0.29, 0.717) is 23.8 Å². The van der Waals surface area contributed by atoms with Gasteiger partial charge in [0, 0.05) is 18.3 Å². The Labute approximate surface area is 108 Å². The van der Waals surface area contributed by atoms with Crippen LogP contribution in [-0.4, -0.2) is 29.1 Å². The van der Waals surface area contributed by atoms with Crippen LogP contribution in [0, 0.1) is 5.92 Å². The van der Waals surface area contributed by atoms with E-state index in [1.165, 1.54) is 0 Å². The highest BCUT2D eigenvalue weighted by atomic mass is 16.3. The monoisotopic (exact) mass is 251 g/mol. The lowest BCUT2D eigenvalue weighted by molar-refractivity contribution is -0.116. The van der Waals surface area contributed by atoms with Gasteiger partial charge in [0.1, 0.15) is 5.82 Å². The molecule has 1 rings (SSSR count). The average molecular weight is 251 g/mol. The molecule has 0 bridgehead atoms. The predicted octanol–water partition coefficient (Wildman–Crippen LogP) is 1.08. The maximum absolute atomic E-state index is 11.1.